The van der Waals surface area contributed by atoms with E-state index >= 15 is 0 Å². The van der Waals surface area contributed by atoms with Crippen molar-refractivity contribution in [3.05, 3.63) is 121 Å². The molecular formula is C36H44Br2O2P2. The van der Waals surface area contributed by atoms with Crippen molar-refractivity contribution in [3.8, 4) is 0 Å². The fourth-order valence-corrected chi connectivity index (χ4v) is 22.4. The van der Waals surface area contributed by atoms with Crippen LogP contribution in [0.25, 0.3) is 0 Å². The molecule has 1 heterocycles. The van der Waals surface area contributed by atoms with Gasteiger partial charge >= 0.3 is 270 Å². The summed E-state index contributed by atoms with van der Waals surface area (Å²) in [6, 6.07) is 44.6. The third kappa shape index (κ3) is 6.66. The molecule has 0 saturated carbocycles. The Morgan fingerprint density at radius 3 is 0.786 bits per heavy atom. The van der Waals surface area contributed by atoms with Crippen LogP contribution < -0.4 is 21.2 Å². The van der Waals surface area contributed by atoms with Crippen LogP contribution >= 0.6 is 41.6 Å². The van der Waals surface area contributed by atoms with E-state index < -0.39 is 10.6 Å². The minimum absolute atomic E-state index is 0.772. The van der Waals surface area contributed by atoms with Crippen LogP contribution in [0.15, 0.2) is 121 Å². The average Bonchev–Trinajstić information content (AvgIpc) is 3.05. The Morgan fingerprint density at radius 1 is 0.357 bits per heavy atom. The minimum atomic E-state index is -2.65. The van der Waals surface area contributed by atoms with Crippen molar-refractivity contribution in [1.82, 2.24) is 0 Å². The molecule has 0 bridgehead atoms. The molecule has 42 heavy (non-hydrogen) atoms. The molecule has 0 radical (unpaired) electrons. The first-order chi connectivity index (χ1) is 20.5. The Balaban J connectivity index is 1.41. The van der Waals surface area contributed by atoms with Gasteiger partial charge in [0.25, 0.3) is 0 Å². The predicted molar refractivity (Wildman–Crippen MR) is 196 cm³/mol. The molecule has 1 saturated heterocycles. The quantitative estimate of drug-likeness (QED) is 0.196. The number of rotatable bonds is 4. The molecule has 0 atom stereocenters. The number of ether oxygens (including phenoxy) is 2. The molecule has 1 fully saturated rings. The molecule has 0 amide bonds. The Kier molecular flexibility index (Phi) is 10.8. The Morgan fingerprint density at radius 2 is 0.571 bits per heavy atom. The molecule has 1 aliphatic heterocycles. The summed E-state index contributed by atoms with van der Waals surface area (Å²) in [5.41, 5.74) is 0. The third-order valence-corrected chi connectivity index (χ3v) is 29.1. The summed E-state index contributed by atoms with van der Waals surface area (Å²) in [4.78, 5) is 0. The van der Waals surface area contributed by atoms with Crippen molar-refractivity contribution in [2.24, 2.45) is 0 Å². The Bertz CT molecular complexity index is 1180. The molecule has 0 aliphatic carbocycles. The van der Waals surface area contributed by atoms with Crippen LogP contribution in [-0.4, -0.2) is 51.1 Å². The molecule has 0 spiro atoms. The third-order valence-electron chi connectivity index (χ3n) is 9.04. The van der Waals surface area contributed by atoms with Gasteiger partial charge in [0.2, 0.25) is 0 Å². The number of hydrogen-bond acceptors (Lipinski definition) is 2. The molecule has 1 aliphatic rings. The summed E-state index contributed by atoms with van der Waals surface area (Å²) in [5.74, 6) is 0. The molecule has 5 rings (SSSR count). The van der Waals surface area contributed by atoms with Crippen molar-refractivity contribution in [3.63, 3.8) is 0 Å². The second kappa shape index (κ2) is 14.2. The molecule has 224 valence electrons. The summed E-state index contributed by atoms with van der Waals surface area (Å²) < 4.78 is 12.9. The maximum absolute atomic E-state index is 6.43. The molecule has 0 unspecified atom stereocenters. The van der Waals surface area contributed by atoms with E-state index in [-0.39, 0.29) is 0 Å². The van der Waals surface area contributed by atoms with Crippen molar-refractivity contribution in [2.75, 3.05) is 51.1 Å². The number of hydrogen-bond donors (Lipinski definition) is 0. The molecular weight excluding hydrogens is 686 g/mol. The average molecular weight is 731 g/mol. The van der Waals surface area contributed by atoms with Gasteiger partial charge in [-0.3, -0.25) is 0 Å². The Hall–Kier alpha value is -1.38. The van der Waals surface area contributed by atoms with Crippen LogP contribution in [0.2, 0.25) is 0 Å². The van der Waals surface area contributed by atoms with E-state index in [0.717, 1.165) is 76.8 Å². The van der Waals surface area contributed by atoms with Crippen molar-refractivity contribution in [2.45, 2.75) is 25.7 Å². The van der Waals surface area contributed by atoms with Gasteiger partial charge < -0.3 is 0 Å². The van der Waals surface area contributed by atoms with Gasteiger partial charge in [-0.1, -0.05) is 0 Å². The second-order valence-corrected chi connectivity index (χ2v) is 31.3. The van der Waals surface area contributed by atoms with E-state index in [2.05, 4.69) is 152 Å². The van der Waals surface area contributed by atoms with E-state index in [9.17, 15) is 0 Å². The van der Waals surface area contributed by atoms with Gasteiger partial charge in [0.15, 0.2) is 0 Å². The van der Waals surface area contributed by atoms with Crippen LogP contribution in [0.5, 0.6) is 0 Å². The van der Waals surface area contributed by atoms with E-state index in [1.165, 1.54) is 21.2 Å². The van der Waals surface area contributed by atoms with Crippen molar-refractivity contribution < 1.29 is 9.47 Å². The van der Waals surface area contributed by atoms with Crippen LogP contribution in [0.4, 0.5) is 0 Å². The SMILES string of the molecule is BrP1(c2ccccc2)(c2ccccc2)CCCOCCCP(Br)(c2ccccc2)(c2ccccc2)CCCOCCC1. The van der Waals surface area contributed by atoms with Crippen LogP contribution in [0, 0.1) is 0 Å². The van der Waals surface area contributed by atoms with Crippen LogP contribution in [0.3, 0.4) is 0 Å². The zero-order chi connectivity index (χ0) is 29.2. The molecule has 2 nitrogen and oxygen atoms in total. The topological polar surface area (TPSA) is 18.5 Å². The summed E-state index contributed by atoms with van der Waals surface area (Å²) in [6.07, 6.45) is 8.37. The van der Waals surface area contributed by atoms with E-state index in [1.807, 2.05) is 0 Å². The normalized spacial score (nSPS) is 23.2. The van der Waals surface area contributed by atoms with Gasteiger partial charge in [-0.05, 0) is 0 Å². The van der Waals surface area contributed by atoms with E-state index in [0.29, 0.717) is 0 Å². The molecule has 0 aromatic heterocycles. The zero-order valence-electron chi connectivity index (χ0n) is 24.5. The van der Waals surface area contributed by atoms with Crippen molar-refractivity contribution >= 4 is 62.8 Å². The standard InChI is InChI=1S/C36H44Br2O2P2/c37-41(33-17-5-1-6-18-33,34-19-7-2-8-20-34)29-13-25-39-27-15-31-42(38,35-21-9-3-10-22-35,36-23-11-4-12-24-36)32-16-28-40-26-14-30-41/h1-12,17-24H,13-16,25-32H2. The van der Waals surface area contributed by atoms with E-state index in [1.54, 1.807) is 0 Å². The number of halogens is 2. The van der Waals surface area contributed by atoms with Gasteiger partial charge in [0.05, 0.1) is 0 Å². The second-order valence-electron chi connectivity index (χ2n) is 11.6. The molecule has 4 aromatic carbocycles. The van der Waals surface area contributed by atoms with Crippen molar-refractivity contribution in [1.29, 1.82) is 0 Å². The number of benzene rings is 4. The van der Waals surface area contributed by atoms with Crippen LogP contribution in [0.1, 0.15) is 25.7 Å². The summed E-state index contributed by atoms with van der Waals surface area (Å²) in [5, 5.41) is 0.425. The molecule has 4 aromatic rings. The zero-order valence-corrected chi connectivity index (χ0v) is 29.5. The first kappa shape index (κ1) is 32.0. The summed E-state index contributed by atoms with van der Waals surface area (Å²) in [6.45, 7) is 3.09. The van der Waals surface area contributed by atoms with Gasteiger partial charge in [-0.15, -0.1) is 0 Å². The molecule has 0 N–H and O–H groups in total. The van der Waals surface area contributed by atoms with Gasteiger partial charge in [0.1, 0.15) is 0 Å². The van der Waals surface area contributed by atoms with Gasteiger partial charge in [-0.25, -0.2) is 0 Å². The Labute approximate surface area is 268 Å². The summed E-state index contributed by atoms with van der Waals surface area (Å²) >= 11 is 9.13. The summed E-state index contributed by atoms with van der Waals surface area (Å²) in [7, 11) is 0. The first-order valence-electron chi connectivity index (χ1n) is 15.3. The predicted octanol–water partition coefficient (Wildman–Crippen LogP) is 8.62. The monoisotopic (exact) mass is 728 g/mol. The van der Waals surface area contributed by atoms with E-state index in [4.69, 9.17) is 9.47 Å². The fraction of sp³-hybridized carbons (Fsp3) is 0.333. The molecule has 6 heteroatoms. The van der Waals surface area contributed by atoms with Gasteiger partial charge in [0, 0.05) is 0 Å². The van der Waals surface area contributed by atoms with Gasteiger partial charge in [-0.2, -0.15) is 0 Å². The fourth-order valence-electron chi connectivity index (χ4n) is 6.82. The first-order valence-corrected chi connectivity index (χ1v) is 24.5. The van der Waals surface area contributed by atoms with Crippen LogP contribution in [-0.2, 0) is 9.47 Å². The maximum atomic E-state index is 6.43.